The minimum Gasteiger partial charge on any atom is -0.352 e. The number of piperazine rings is 1. The van der Waals surface area contributed by atoms with E-state index in [-0.39, 0.29) is 24.1 Å². The molecule has 1 saturated heterocycles. The molecular formula is C21H26F2N4O. The van der Waals surface area contributed by atoms with Gasteiger partial charge in [0.2, 0.25) is 0 Å². The maximum atomic E-state index is 14.8. The highest BCUT2D eigenvalue weighted by Crippen LogP contribution is 2.32. The zero-order valence-electron chi connectivity index (χ0n) is 16.7. The minimum atomic E-state index is -3.54. The lowest BCUT2D eigenvalue weighted by atomic mass is 9.86. The summed E-state index contributed by atoms with van der Waals surface area (Å²) in [6.45, 7) is 9.25. The van der Waals surface area contributed by atoms with E-state index in [1.807, 2.05) is 44.7 Å². The Kier molecular flexibility index (Phi) is 5.37. The van der Waals surface area contributed by atoms with Crippen LogP contribution in [0.25, 0.3) is 0 Å². The van der Waals surface area contributed by atoms with Crippen LogP contribution in [0, 0.1) is 6.92 Å². The highest BCUT2D eigenvalue weighted by molar-refractivity contribution is 5.85. The molecule has 0 N–H and O–H groups in total. The Morgan fingerprint density at radius 2 is 1.46 bits per heavy atom. The average Bonchev–Trinajstić information content (AvgIpc) is 2.67. The van der Waals surface area contributed by atoms with Gasteiger partial charge in [-0.25, -0.2) is 0 Å². The number of hydrogen-bond acceptors (Lipinski definition) is 4. The number of amides is 1. The third-order valence-corrected chi connectivity index (χ3v) is 5.06. The molecule has 0 saturated carbocycles. The summed E-state index contributed by atoms with van der Waals surface area (Å²) in [5, 5.41) is 8.14. The molecule has 1 aliphatic heterocycles. The molecule has 1 fully saturated rings. The number of aryl methyl sites for hydroxylation is 1. The number of aromatic nitrogens is 2. The summed E-state index contributed by atoms with van der Waals surface area (Å²) in [5.74, 6) is -3.99. The van der Waals surface area contributed by atoms with E-state index < -0.39 is 11.8 Å². The molecule has 0 bridgehead atoms. The summed E-state index contributed by atoms with van der Waals surface area (Å²) in [4.78, 5) is 15.7. The van der Waals surface area contributed by atoms with Crippen molar-refractivity contribution in [2.24, 2.45) is 0 Å². The number of carbonyl (C=O) groups excluding carboxylic acids is 1. The molecular weight excluding hydrogens is 362 g/mol. The number of carbonyl (C=O) groups is 1. The maximum Gasteiger partial charge on any atom is 0.349 e. The van der Waals surface area contributed by atoms with Gasteiger partial charge in [0.15, 0.2) is 5.82 Å². The molecule has 2 aromatic rings. The number of anilines is 1. The highest BCUT2D eigenvalue weighted by Gasteiger charge is 2.44. The van der Waals surface area contributed by atoms with Gasteiger partial charge in [-0.2, -0.15) is 13.9 Å². The van der Waals surface area contributed by atoms with Crippen molar-refractivity contribution in [1.29, 1.82) is 0 Å². The van der Waals surface area contributed by atoms with Crippen LogP contribution in [-0.2, 0) is 16.1 Å². The second kappa shape index (κ2) is 7.45. The fraction of sp³-hybridized carbons (Fsp3) is 0.476. The molecule has 2 heterocycles. The van der Waals surface area contributed by atoms with Crippen LogP contribution in [-0.4, -0.2) is 47.2 Å². The Balaban J connectivity index is 1.67. The molecule has 3 rings (SSSR count). The fourth-order valence-electron chi connectivity index (χ4n) is 3.20. The number of alkyl halides is 2. The molecule has 28 heavy (non-hydrogen) atoms. The van der Waals surface area contributed by atoms with Crippen molar-refractivity contribution in [2.45, 2.75) is 39.0 Å². The third kappa shape index (κ3) is 4.13. The van der Waals surface area contributed by atoms with Crippen LogP contribution < -0.4 is 4.90 Å². The van der Waals surface area contributed by atoms with Crippen LogP contribution in [0.4, 0.5) is 14.6 Å². The second-order valence-electron chi connectivity index (χ2n) is 8.21. The van der Waals surface area contributed by atoms with Crippen LogP contribution in [0.1, 0.15) is 37.6 Å². The van der Waals surface area contributed by atoms with Crippen LogP contribution >= 0.6 is 0 Å². The summed E-state index contributed by atoms with van der Waals surface area (Å²) in [6.07, 6.45) is 0. The molecule has 0 unspecified atom stereocenters. The van der Waals surface area contributed by atoms with Crippen molar-refractivity contribution >= 4 is 11.7 Å². The van der Waals surface area contributed by atoms with E-state index in [1.54, 1.807) is 12.1 Å². The third-order valence-electron chi connectivity index (χ3n) is 5.06. The van der Waals surface area contributed by atoms with Gasteiger partial charge in [-0.1, -0.05) is 45.0 Å². The first-order chi connectivity index (χ1) is 13.1. The smallest absolute Gasteiger partial charge is 0.349 e. The first-order valence-electron chi connectivity index (χ1n) is 9.42. The van der Waals surface area contributed by atoms with Crippen molar-refractivity contribution in [3.8, 4) is 0 Å². The van der Waals surface area contributed by atoms with Gasteiger partial charge < -0.3 is 9.80 Å². The van der Waals surface area contributed by atoms with Crippen molar-refractivity contribution in [3.63, 3.8) is 0 Å². The molecule has 7 heteroatoms. The molecule has 1 amide bonds. The molecule has 150 valence electrons. The molecule has 0 atom stereocenters. The van der Waals surface area contributed by atoms with E-state index in [1.165, 1.54) is 17.0 Å². The Hall–Kier alpha value is -2.57. The first kappa shape index (κ1) is 20.2. The van der Waals surface area contributed by atoms with Crippen molar-refractivity contribution in [2.75, 3.05) is 31.1 Å². The van der Waals surface area contributed by atoms with Crippen LogP contribution in [0.5, 0.6) is 0 Å². The summed E-state index contributed by atoms with van der Waals surface area (Å²) < 4.78 is 29.6. The van der Waals surface area contributed by atoms with E-state index in [9.17, 15) is 13.6 Å². The molecule has 1 aromatic carbocycles. The van der Waals surface area contributed by atoms with Crippen molar-refractivity contribution in [1.82, 2.24) is 15.1 Å². The monoisotopic (exact) mass is 388 g/mol. The highest BCUT2D eigenvalue weighted by atomic mass is 19.3. The van der Waals surface area contributed by atoms with E-state index in [4.69, 9.17) is 0 Å². The van der Waals surface area contributed by atoms with Gasteiger partial charge >= 0.3 is 5.92 Å². The maximum absolute atomic E-state index is 14.8. The predicted molar refractivity (Wildman–Crippen MR) is 105 cm³/mol. The van der Waals surface area contributed by atoms with Gasteiger partial charge in [0, 0.05) is 31.7 Å². The largest absolute Gasteiger partial charge is 0.352 e. The SMILES string of the molecule is Cc1ccc(N2CCN(C(=O)C(F)(F)c3ccc(C(C)(C)C)cc3)CC2)nn1. The number of nitrogens with zero attached hydrogens (tertiary/aromatic N) is 4. The zero-order chi connectivity index (χ0) is 20.5. The standard InChI is InChI=1S/C21H26F2N4O/c1-15-5-10-18(25-24-15)26-11-13-27(14-12-26)19(28)21(22,23)17-8-6-16(7-9-17)20(2,3)4/h5-10H,11-14H2,1-4H3. The molecule has 1 aliphatic rings. The van der Waals surface area contributed by atoms with E-state index in [2.05, 4.69) is 10.2 Å². The Bertz CT molecular complexity index is 821. The van der Waals surface area contributed by atoms with Crippen LogP contribution in [0.15, 0.2) is 36.4 Å². The lowest BCUT2D eigenvalue weighted by Gasteiger charge is -2.36. The van der Waals surface area contributed by atoms with Gasteiger partial charge in [0.05, 0.1) is 5.69 Å². The Labute approximate surface area is 164 Å². The zero-order valence-corrected chi connectivity index (χ0v) is 16.7. The normalized spacial score (nSPS) is 15.6. The van der Waals surface area contributed by atoms with Crippen molar-refractivity contribution in [3.05, 3.63) is 53.2 Å². The fourth-order valence-corrected chi connectivity index (χ4v) is 3.20. The summed E-state index contributed by atoms with van der Waals surface area (Å²) in [5.41, 5.74) is 1.37. The molecule has 0 spiro atoms. The number of halogens is 2. The number of benzene rings is 1. The van der Waals surface area contributed by atoms with Gasteiger partial charge in [0.1, 0.15) is 0 Å². The first-order valence-corrected chi connectivity index (χ1v) is 9.42. The minimum absolute atomic E-state index is 0.132. The summed E-state index contributed by atoms with van der Waals surface area (Å²) in [6, 6.07) is 9.77. The number of hydrogen-bond donors (Lipinski definition) is 0. The van der Waals surface area contributed by atoms with Crippen LogP contribution in [0.2, 0.25) is 0 Å². The molecule has 0 aliphatic carbocycles. The molecule has 0 radical (unpaired) electrons. The van der Waals surface area contributed by atoms with Gasteiger partial charge in [-0.15, -0.1) is 5.10 Å². The lowest BCUT2D eigenvalue weighted by Crippen LogP contribution is -2.52. The predicted octanol–water partition coefficient (Wildman–Crippen LogP) is 3.52. The quantitative estimate of drug-likeness (QED) is 0.807. The van der Waals surface area contributed by atoms with Crippen molar-refractivity contribution < 1.29 is 13.6 Å². The second-order valence-corrected chi connectivity index (χ2v) is 8.21. The van der Waals surface area contributed by atoms with E-state index >= 15 is 0 Å². The van der Waals surface area contributed by atoms with Gasteiger partial charge in [0.25, 0.3) is 5.91 Å². The average molecular weight is 388 g/mol. The van der Waals surface area contributed by atoms with E-state index in [0.717, 1.165) is 11.3 Å². The topological polar surface area (TPSA) is 49.3 Å². The Morgan fingerprint density at radius 1 is 0.893 bits per heavy atom. The van der Waals surface area contributed by atoms with Gasteiger partial charge in [-0.3, -0.25) is 4.79 Å². The lowest BCUT2D eigenvalue weighted by molar-refractivity contribution is -0.159. The molecule has 5 nitrogen and oxygen atoms in total. The molecule has 1 aromatic heterocycles. The number of rotatable bonds is 3. The summed E-state index contributed by atoms with van der Waals surface area (Å²) >= 11 is 0. The van der Waals surface area contributed by atoms with Gasteiger partial charge in [-0.05, 0) is 30.0 Å². The van der Waals surface area contributed by atoms with Crippen LogP contribution in [0.3, 0.4) is 0 Å². The van der Waals surface area contributed by atoms with E-state index in [0.29, 0.717) is 18.9 Å². The summed E-state index contributed by atoms with van der Waals surface area (Å²) in [7, 11) is 0. The Morgan fingerprint density at radius 3 is 1.96 bits per heavy atom.